The molecule has 1 rings (SSSR count). The lowest BCUT2D eigenvalue weighted by molar-refractivity contribution is -0.117. The molecule has 1 aromatic carbocycles. The summed E-state index contributed by atoms with van der Waals surface area (Å²) < 4.78 is 0. The molecule has 1 amide bonds. The van der Waals surface area contributed by atoms with E-state index in [0.717, 1.165) is 13.1 Å². The van der Waals surface area contributed by atoms with Crippen molar-refractivity contribution in [3.8, 4) is 0 Å². The Bertz CT molecular complexity index is 437. The average molecular weight is 285 g/mol. The highest BCUT2D eigenvalue weighted by atomic mass is 35.5. The van der Waals surface area contributed by atoms with E-state index in [0.29, 0.717) is 22.9 Å². The maximum atomic E-state index is 11.9. The van der Waals surface area contributed by atoms with Crippen LogP contribution in [0.2, 0.25) is 5.02 Å². The van der Waals surface area contributed by atoms with Crippen molar-refractivity contribution >= 4 is 28.9 Å². The molecule has 0 atom stereocenters. The van der Waals surface area contributed by atoms with Crippen LogP contribution in [-0.2, 0) is 4.79 Å². The molecular formula is C13H21ClN4O. The lowest BCUT2D eigenvalue weighted by atomic mass is 10.3. The van der Waals surface area contributed by atoms with E-state index in [1.54, 1.807) is 18.2 Å². The zero-order chi connectivity index (χ0) is 14.4. The summed E-state index contributed by atoms with van der Waals surface area (Å²) >= 11 is 5.99. The summed E-state index contributed by atoms with van der Waals surface area (Å²) in [5.74, 6) is -0.103. The molecule has 0 saturated heterocycles. The van der Waals surface area contributed by atoms with Gasteiger partial charge in [-0.2, -0.15) is 0 Å². The number of nitrogens with two attached hydrogens (primary N) is 1. The van der Waals surface area contributed by atoms with E-state index in [9.17, 15) is 4.79 Å². The van der Waals surface area contributed by atoms with Gasteiger partial charge in [-0.15, -0.1) is 0 Å². The molecule has 3 N–H and O–H groups in total. The van der Waals surface area contributed by atoms with Crippen molar-refractivity contribution < 1.29 is 4.79 Å². The lowest BCUT2D eigenvalue weighted by Crippen LogP contribution is -2.35. The van der Waals surface area contributed by atoms with Crippen molar-refractivity contribution in [1.82, 2.24) is 9.80 Å². The number of benzene rings is 1. The highest BCUT2D eigenvalue weighted by Crippen LogP contribution is 2.23. The largest absolute Gasteiger partial charge is 0.399 e. The van der Waals surface area contributed by atoms with Crippen molar-refractivity contribution in [2.24, 2.45) is 0 Å². The molecule has 0 bridgehead atoms. The fraction of sp³-hybridized carbons (Fsp3) is 0.462. The van der Waals surface area contributed by atoms with Gasteiger partial charge < -0.3 is 16.0 Å². The smallest absolute Gasteiger partial charge is 0.238 e. The van der Waals surface area contributed by atoms with Crippen LogP contribution >= 0.6 is 11.6 Å². The van der Waals surface area contributed by atoms with E-state index < -0.39 is 0 Å². The van der Waals surface area contributed by atoms with Crippen LogP contribution in [-0.4, -0.2) is 56.5 Å². The number of hydrogen-bond acceptors (Lipinski definition) is 4. The molecule has 0 aliphatic heterocycles. The number of carbonyl (C=O) groups is 1. The van der Waals surface area contributed by atoms with Crippen molar-refractivity contribution in [2.45, 2.75) is 0 Å². The predicted octanol–water partition coefficient (Wildman–Crippen LogP) is 1.35. The van der Waals surface area contributed by atoms with E-state index >= 15 is 0 Å². The number of nitrogens with zero attached hydrogens (tertiary/aromatic N) is 2. The minimum absolute atomic E-state index is 0.103. The van der Waals surface area contributed by atoms with Crippen LogP contribution < -0.4 is 11.1 Å². The average Bonchev–Trinajstić information content (AvgIpc) is 2.31. The van der Waals surface area contributed by atoms with Crippen molar-refractivity contribution in [3.05, 3.63) is 23.2 Å². The summed E-state index contributed by atoms with van der Waals surface area (Å²) in [6.07, 6.45) is 0. The Morgan fingerprint density at radius 2 is 2.00 bits per heavy atom. The van der Waals surface area contributed by atoms with E-state index in [1.807, 2.05) is 26.0 Å². The van der Waals surface area contributed by atoms with Crippen LogP contribution in [0.4, 0.5) is 11.4 Å². The lowest BCUT2D eigenvalue weighted by Gasteiger charge is -2.19. The summed E-state index contributed by atoms with van der Waals surface area (Å²) in [6, 6.07) is 5.02. The highest BCUT2D eigenvalue weighted by molar-refractivity contribution is 6.33. The molecule has 106 valence electrons. The topological polar surface area (TPSA) is 61.6 Å². The van der Waals surface area contributed by atoms with Crippen LogP contribution in [0.3, 0.4) is 0 Å². The molecule has 0 saturated carbocycles. The first kappa shape index (κ1) is 15.8. The highest BCUT2D eigenvalue weighted by Gasteiger charge is 2.09. The van der Waals surface area contributed by atoms with Gasteiger partial charge in [0, 0.05) is 18.8 Å². The normalized spacial score (nSPS) is 11.1. The minimum Gasteiger partial charge on any atom is -0.399 e. The second kappa shape index (κ2) is 7.33. The standard InChI is InChI=1S/C13H21ClN4O/c1-17(2)6-7-18(3)9-13(19)16-12-8-10(15)4-5-11(12)14/h4-5,8H,6-7,9,15H2,1-3H3,(H,16,19). The zero-order valence-corrected chi connectivity index (χ0v) is 12.4. The minimum atomic E-state index is -0.103. The molecule has 19 heavy (non-hydrogen) atoms. The molecule has 5 nitrogen and oxygen atoms in total. The van der Waals surface area contributed by atoms with Gasteiger partial charge in [0.05, 0.1) is 17.3 Å². The van der Waals surface area contributed by atoms with E-state index in [1.165, 1.54) is 0 Å². The van der Waals surface area contributed by atoms with Crippen LogP contribution in [0, 0.1) is 0 Å². The molecule has 0 heterocycles. The second-order valence-corrected chi connectivity index (χ2v) is 5.24. The van der Waals surface area contributed by atoms with Gasteiger partial charge >= 0.3 is 0 Å². The van der Waals surface area contributed by atoms with Crippen LogP contribution in [0.1, 0.15) is 0 Å². The Labute approximate surface area is 119 Å². The second-order valence-electron chi connectivity index (χ2n) is 4.83. The first-order valence-corrected chi connectivity index (χ1v) is 6.44. The Kier molecular flexibility index (Phi) is 6.08. The number of halogens is 1. The van der Waals surface area contributed by atoms with Gasteiger partial charge in [0.2, 0.25) is 5.91 Å². The number of hydrogen-bond donors (Lipinski definition) is 2. The molecule has 0 radical (unpaired) electrons. The van der Waals surface area contributed by atoms with E-state index in [4.69, 9.17) is 17.3 Å². The Morgan fingerprint density at radius 1 is 1.32 bits per heavy atom. The number of carbonyl (C=O) groups excluding carboxylic acids is 1. The Morgan fingerprint density at radius 3 is 2.63 bits per heavy atom. The first-order chi connectivity index (χ1) is 8.88. The van der Waals surface area contributed by atoms with Gasteiger partial charge in [0.15, 0.2) is 0 Å². The van der Waals surface area contributed by atoms with Crippen LogP contribution in [0.15, 0.2) is 18.2 Å². The number of amides is 1. The first-order valence-electron chi connectivity index (χ1n) is 6.06. The summed E-state index contributed by atoms with van der Waals surface area (Å²) in [6.45, 7) is 2.05. The van der Waals surface area contributed by atoms with Crippen molar-refractivity contribution in [2.75, 3.05) is 51.8 Å². The third-order valence-corrected chi connectivity index (χ3v) is 2.94. The number of anilines is 2. The van der Waals surface area contributed by atoms with Gasteiger partial charge in [-0.25, -0.2) is 0 Å². The number of rotatable bonds is 6. The summed E-state index contributed by atoms with van der Waals surface area (Å²) in [4.78, 5) is 15.9. The molecular weight excluding hydrogens is 264 g/mol. The third-order valence-electron chi connectivity index (χ3n) is 2.61. The molecule has 0 fully saturated rings. The number of nitrogen functional groups attached to an aromatic ring is 1. The SMILES string of the molecule is CN(C)CCN(C)CC(=O)Nc1cc(N)ccc1Cl. The van der Waals surface area contributed by atoms with Gasteiger partial charge in [-0.05, 0) is 39.3 Å². The molecule has 0 spiro atoms. The van der Waals surface area contributed by atoms with Gasteiger partial charge in [-0.3, -0.25) is 9.69 Å². The predicted molar refractivity (Wildman–Crippen MR) is 80.5 cm³/mol. The summed E-state index contributed by atoms with van der Waals surface area (Å²) in [5.41, 5.74) is 6.78. The van der Waals surface area contributed by atoms with Crippen molar-refractivity contribution in [1.29, 1.82) is 0 Å². The maximum absolute atomic E-state index is 11.9. The van der Waals surface area contributed by atoms with Crippen LogP contribution in [0.5, 0.6) is 0 Å². The fourth-order valence-electron chi connectivity index (χ4n) is 1.52. The Hall–Kier alpha value is -1.30. The van der Waals surface area contributed by atoms with Gasteiger partial charge in [0.25, 0.3) is 0 Å². The molecule has 0 aliphatic rings. The van der Waals surface area contributed by atoms with E-state index in [2.05, 4.69) is 10.2 Å². The van der Waals surface area contributed by atoms with E-state index in [-0.39, 0.29) is 5.91 Å². The number of likely N-dealkylation sites (N-methyl/N-ethyl adjacent to an activating group) is 2. The summed E-state index contributed by atoms with van der Waals surface area (Å²) in [7, 11) is 5.91. The molecule has 0 aliphatic carbocycles. The van der Waals surface area contributed by atoms with Gasteiger partial charge in [0.1, 0.15) is 0 Å². The molecule has 0 aromatic heterocycles. The maximum Gasteiger partial charge on any atom is 0.238 e. The fourth-order valence-corrected chi connectivity index (χ4v) is 1.69. The van der Waals surface area contributed by atoms with Crippen LogP contribution in [0.25, 0.3) is 0 Å². The molecule has 0 unspecified atom stereocenters. The monoisotopic (exact) mass is 284 g/mol. The molecule has 6 heteroatoms. The number of nitrogens with one attached hydrogen (secondary N) is 1. The van der Waals surface area contributed by atoms with Crippen molar-refractivity contribution in [3.63, 3.8) is 0 Å². The molecule has 1 aromatic rings. The zero-order valence-electron chi connectivity index (χ0n) is 11.6. The third kappa shape index (κ3) is 5.92. The van der Waals surface area contributed by atoms with Gasteiger partial charge in [-0.1, -0.05) is 11.6 Å². The summed E-state index contributed by atoms with van der Waals surface area (Å²) in [5, 5.41) is 3.25. The quantitative estimate of drug-likeness (QED) is 0.774. The Balaban J connectivity index is 2.48.